The molecule has 13 heteroatoms. The highest BCUT2D eigenvalue weighted by Crippen LogP contribution is 2.41. The molecule has 25 heavy (non-hydrogen) atoms. The molecule has 5 N–H and O–H groups in total. The van der Waals surface area contributed by atoms with Gasteiger partial charge in [0.05, 0.1) is 12.1 Å². The number of phosphoric acid groups is 1. The van der Waals surface area contributed by atoms with Gasteiger partial charge in [-0.05, 0) is 6.92 Å². The smallest absolute Gasteiger partial charge is 0.458 e. The predicted molar refractivity (Wildman–Crippen MR) is 81.4 cm³/mol. The molecule has 1 aromatic heterocycles. The average molecular weight is 379 g/mol. The Morgan fingerprint density at radius 2 is 2.16 bits per heavy atom. The van der Waals surface area contributed by atoms with Crippen LogP contribution in [-0.4, -0.2) is 49.7 Å². The Labute approximate surface area is 140 Å². The first kappa shape index (κ1) is 19.5. The van der Waals surface area contributed by atoms with Gasteiger partial charge in [-0.1, -0.05) is 0 Å². The zero-order valence-electron chi connectivity index (χ0n) is 13.3. The molecule has 12 nitrogen and oxygen atoms in total. The van der Waals surface area contributed by atoms with Crippen LogP contribution in [0.15, 0.2) is 21.9 Å². The minimum Gasteiger partial charge on any atom is -0.458 e. The number of nitrogens with zero attached hydrogens (tertiary/aromatic N) is 1. The molecule has 4 atom stereocenters. The molecular weight excluding hydrogens is 361 g/mol. The second-order valence-corrected chi connectivity index (χ2v) is 6.97. The fourth-order valence-corrected chi connectivity index (χ4v) is 2.92. The van der Waals surface area contributed by atoms with Crippen molar-refractivity contribution in [2.24, 2.45) is 5.73 Å². The normalized spacial score (nSPS) is 29.6. The van der Waals surface area contributed by atoms with E-state index in [1.165, 1.54) is 6.92 Å². The minimum absolute atomic E-state index is 0.629. The Bertz CT molecular complexity index is 811. The molecule has 0 saturated carbocycles. The number of rotatable bonds is 5. The Kier molecular flexibility index (Phi) is 5.33. The van der Waals surface area contributed by atoms with Gasteiger partial charge in [-0.2, -0.15) is 0 Å². The highest BCUT2D eigenvalue weighted by molar-refractivity contribution is 7.46. The van der Waals surface area contributed by atoms with Crippen LogP contribution in [0, 0.1) is 0 Å². The number of esters is 1. The van der Waals surface area contributed by atoms with Crippen molar-refractivity contribution < 1.29 is 33.1 Å². The van der Waals surface area contributed by atoms with Crippen molar-refractivity contribution in [3.05, 3.63) is 33.1 Å². The van der Waals surface area contributed by atoms with E-state index in [1.54, 1.807) is 0 Å². The number of hydrogen-bond acceptors (Lipinski definition) is 8. The van der Waals surface area contributed by atoms with E-state index in [2.05, 4.69) is 4.52 Å². The van der Waals surface area contributed by atoms with Crippen LogP contribution in [0.5, 0.6) is 0 Å². The van der Waals surface area contributed by atoms with E-state index in [-0.39, 0.29) is 0 Å². The summed E-state index contributed by atoms with van der Waals surface area (Å²) in [7, 11) is -4.81. The van der Waals surface area contributed by atoms with Crippen LogP contribution < -0.4 is 17.0 Å². The molecule has 1 saturated heterocycles. The molecule has 0 aliphatic carbocycles. The number of phosphoric ester groups is 1. The van der Waals surface area contributed by atoms with Gasteiger partial charge in [0, 0.05) is 19.2 Å². The maximum absolute atomic E-state index is 12.0. The van der Waals surface area contributed by atoms with Gasteiger partial charge >= 0.3 is 19.5 Å². The van der Waals surface area contributed by atoms with Gasteiger partial charge in [-0.3, -0.25) is 23.7 Å². The number of carbonyl (C=O) groups is 1. The molecule has 1 aliphatic rings. The van der Waals surface area contributed by atoms with E-state index >= 15 is 0 Å². The summed E-state index contributed by atoms with van der Waals surface area (Å²) in [6.45, 7) is 1.92. The second-order valence-electron chi connectivity index (χ2n) is 5.73. The van der Waals surface area contributed by atoms with Gasteiger partial charge in [-0.15, -0.1) is 0 Å². The summed E-state index contributed by atoms with van der Waals surface area (Å²) in [6.07, 6.45) is -2.36. The zero-order valence-corrected chi connectivity index (χ0v) is 14.2. The Morgan fingerprint density at radius 3 is 2.68 bits per heavy atom. The van der Waals surface area contributed by atoms with Crippen LogP contribution in [0.4, 0.5) is 0 Å². The molecule has 0 unspecified atom stereocenters. The van der Waals surface area contributed by atoms with Gasteiger partial charge < -0.3 is 25.0 Å². The molecule has 1 fully saturated rings. The van der Waals surface area contributed by atoms with Crippen molar-refractivity contribution in [3.8, 4) is 0 Å². The summed E-state index contributed by atoms with van der Waals surface area (Å²) in [6, 6.07) is 1.07. The number of carbonyl (C=O) groups excluding carboxylic acids is 1. The highest BCUT2D eigenvalue weighted by Gasteiger charge is 2.55. The van der Waals surface area contributed by atoms with Crippen molar-refractivity contribution in [1.29, 1.82) is 0 Å². The molecule has 0 amide bonds. The van der Waals surface area contributed by atoms with Crippen molar-refractivity contribution in [1.82, 2.24) is 9.55 Å². The summed E-state index contributed by atoms with van der Waals surface area (Å²) in [5.41, 5.74) is 3.28. The lowest BCUT2D eigenvalue weighted by atomic mass is 9.93. The molecule has 1 aliphatic heterocycles. The van der Waals surface area contributed by atoms with Crippen molar-refractivity contribution in [2.75, 3.05) is 6.61 Å². The summed E-state index contributed by atoms with van der Waals surface area (Å²) < 4.78 is 27.0. The summed E-state index contributed by atoms with van der Waals surface area (Å²) in [4.78, 5) is 54.2. The van der Waals surface area contributed by atoms with Gasteiger partial charge in [0.2, 0.25) is 0 Å². The number of ether oxygens (including phenoxy) is 2. The molecule has 140 valence electrons. The van der Waals surface area contributed by atoms with Gasteiger partial charge in [0.1, 0.15) is 6.10 Å². The van der Waals surface area contributed by atoms with E-state index in [0.717, 1.165) is 23.8 Å². The molecule has 2 rings (SSSR count). The third-order valence-electron chi connectivity index (χ3n) is 3.59. The molecule has 0 spiro atoms. The van der Waals surface area contributed by atoms with Gasteiger partial charge in [0.15, 0.2) is 12.3 Å². The number of nitrogens with one attached hydrogen (secondary N) is 1. The van der Waals surface area contributed by atoms with Gasteiger partial charge in [0.25, 0.3) is 5.56 Å². The fourth-order valence-electron chi connectivity index (χ4n) is 2.58. The number of hydrogen-bond donors (Lipinski definition) is 4. The first-order chi connectivity index (χ1) is 11.4. The number of nitrogens with two attached hydrogens (primary N) is 1. The second kappa shape index (κ2) is 6.83. The van der Waals surface area contributed by atoms with Crippen molar-refractivity contribution in [3.63, 3.8) is 0 Å². The lowest BCUT2D eigenvalue weighted by molar-refractivity contribution is -0.152. The predicted octanol–water partition coefficient (Wildman–Crippen LogP) is -1.81. The van der Waals surface area contributed by atoms with Gasteiger partial charge in [-0.25, -0.2) is 9.36 Å². The number of H-pyrrole nitrogens is 1. The van der Waals surface area contributed by atoms with Crippen molar-refractivity contribution in [2.45, 2.75) is 37.8 Å². The Morgan fingerprint density at radius 1 is 1.52 bits per heavy atom. The summed E-state index contributed by atoms with van der Waals surface area (Å²) >= 11 is 0. The van der Waals surface area contributed by atoms with Crippen LogP contribution in [-0.2, 0) is 23.4 Å². The lowest BCUT2D eigenvalue weighted by Crippen LogP contribution is -2.55. The molecule has 0 radical (unpaired) electrons. The van der Waals surface area contributed by atoms with E-state index in [0.29, 0.717) is 0 Å². The quantitative estimate of drug-likeness (QED) is 0.336. The minimum atomic E-state index is -4.81. The fraction of sp³-hybridized carbons (Fsp3) is 0.583. The van der Waals surface area contributed by atoms with Crippen molar-refractivity contribution >= 4 is 13.8 Å². The van der Waals surface area contributed by atoms with Crippen LogP contribution in [0.1, 0.15) is 20.1 Å². The maximum atomic E-state index is 12.0. The highest BCUT2D eigenvalue weighted by atomic mass is 31.2. The standard InChI is InChI=1S/C12H18N3O9P/c1-6(16)23-9-7(5-22-25(19,20)21)24-10(12(9,2)13)15-4-3-8(17)14-11(15)18/h3-4,7,9-10H,5,13H2,1-2H3,(H,14,17,18)(H2,19,20,21)/t7-,9-,10-,12-/m1/s1. The Balaban J connectivity index is 2.38. The third-order valence-corrected chi connectivity index (χ3v) is 4.08. The van der Waals surface area contributed by atoms with Crippen LogP contribution in [0.2, 0.25) is 0 Å². The third kappa shape index (κ3) is 4.42. The summed E-state index contributed by atoms with van der Waals surface area (Å²) in [5.74, 6) is -0.707. The molecule has 2 heterocycles. The SMILES string of the molecule is CC(=O)O[C@@H]1[C@@H](COP(=O)(O)O)O[C@@H](n2ccc(=O)[nH]c2=O)[C@]1(C)N. The van der Waals surface area contributed by atoms with E-state index in [4.69, 9.17) is 25.0 Å². The van der Waals surface area contributed by atoms with Crippen LogP contribution in [0.3, 0.4) is 0 Å². The molecule has 0 bridgehead atoms. The van der Waals surface area contributed by atoms with Crippen LogP contribution >= 0.6 is 7.82 Å². The first-order valence-corrected chi connectivity index (χ1v) is 8.58. The summed E-state index contributed by atoms with van der Waals surface area (Å²) in [5, 5.41) is 0. The number of aromatic nitrogens is 2. The zero-order chi connectivity index (χ0) is 19.0. The maximum Gasteiger partial charge on any atom is 0.469 e. The molecule has 0 aromatic carbocycles. The largest absolute Gasteiger partial charge is 0.469 e. The van der Waals surface area contributed by atoms with Crippen LogP contribution in [0.25, 0.3) is 0 Å². The van der Waals surface area contributed by atoms with E-state index in [9.17, 15) is 18.9 Å². The van der Waals surface area contributed by atoms with E-state index in [1.807, 2.05) is 4.98 Å². The topological polar surface area (TPSA) is 183 Å². The molecule has 1 aromatic rings. The average Bonchev–Trinajstić information content (AvgIpc) is 2.68. The number of aromatic amines is 1. The molecular formula is C12H18N3O9P. The lowest BCUT2D eigenvalue weighted by Gasteiger charge is -2.31. The van der Waals surface area contributed by atoms with E-state index < -0.39 is 55.6 Å². The Hall–Kier alpha value is -1.82. The first-order valence-electron chi connectivity index (χ1n) is 7.05. The monoisotopic (exact) mass is 379 g/mol.